The molecule has 0 spiro atoms. The number of nitrogens with zero attached hydrogens (tertiary/aromatic N) is 1. The van der Waals surface area contributed by atoms with Crippen LogP contribution >= 0.6 is 23.7 Å². The lowest BCUT2D eigenvalue weighted by molar-refractivity contribution is 0.0948. The van der Waals surface area contributed by atoms with Gasteiger partial charge in [0, 0.05) is 25.2 Å². The van der Waals surface area contributed by atoms with Gasteiger partial charge in [-0.15, -0.1) is 0 Å². The van der Waals surface area contributed by atoms with Crippen molar-refractivity contribution in [3.05, 3.63) is 74.3 Å². The number of pyridine rings is 1. The van der Waals surface area contributed by atoms with Crippen LogP contribution in [-0.2, 0) is 7.05 Å². The van der Waals surface area contributed by atoms with Crippen molar-refractivity contribution < 1.29 is 13.9 Å². The molecule has 4 rings (SSSR count). The number of aromatic nitrogens is 1. The van der Waals surface area contributed by atoms with Gasteiger partial charge >= 0.3 is 0 Å². The number of amides is 1. The minimum absolute atomic E-state index is 0.0284. The minimum Gasteiger partial charge on any atom is -0.454 e. The number of carbonyl (C=O) groups is 1. The summed E-state index contributed by atoms with van der Waals surface area (Å²) >= 11 is 7.35. The van der Waals surface area contributed by atoms with Gasteiger partial charge in [-0.1, -0.05) is 23.7 Å². The molecule has 1 aliphatic rings. The fraction of sp³-hybridized carbons (Fsp3) is 0.250. The number of hydrogen-bond donors (Lipinski definition) is 4. The fourth-order valence-corrected chi connectivity index (χ4v) is 4.14. The van der Waals surface area contributed by atoms with Crippen LogP contribution in [0.4, 0.5) is 21.6 Å². The molecule has 11 heteroatoms. The lowest BCUT2D eigenvalue weighted by Gasteiger charge is -2.22. The summed E-state index contributed by atoms with van der Waals surface area (Å²) in [4.78, 5) is 26.6. The zero-order chi connectivity index (χ0) is 25.3. The van der Waals surface area contributed by atoms with Crippen molar-refractivity contribution in [3.63, 3.8) is 0 Å². The summed E-state index contributed by atoms with van der Waals surface area (Å²) < 4.78 is 24.9. The Labute approximate surface area is 211 Å². The smallest absolute Gasteiger partial charge is 0.259 e. The van der Waals surface area contributed by atoms with Crippen molar-refractivity contribution in [2.75, 3.05) is 10.0 Å². The number of anilines is 3. The molecule has 0 radical (unpaired) electrons. The van der Waals surface area contributed by atoms with Crippen molar-refractivity contribution in [1.82, 2.24) is 9.88 Å². The Bertz CT molecular complexity index is 1360. The predicted octanol–water partition coefficient (Wildman–Crippen LogP) is 5.16. The van der Waals surface area contributed by atoms with Crippen molar-refractivity contribution >= 4 is 46.8 Å². The summed E-state index contributed by atoms with van der Waals surface area (Å²) in [7, 11) is 1.51. The molecule has 1 aromatic heterocycles. The van der Waals surface area contributed by atoms with Crippen LogP contribution in [-0.4, -0.2) is 16.5 Å². The molecule has 35 heavy (non-hydrogen) atoms. The van der Waals surface area contributed by atoms with Gasteiger partial charge in [0.05, 0.1) is 16.9 Å². The average Bonchev–Trinajstić information content (AvgIpc) is 3.63. The van der Waals surface area contributed by atoms with Gasteiger partial charge in [-0.3, -0.25) is 19.3 Å². The van der Waals surface area contributed by atoms with Gasteiger partial charge in [-0.2, -0.15) is 0 Å². The number of rotatable bonds is 8. The van der Waals surface area contributed by atoms with E-state index in [-0.39, 0.29) is 45.2 Å². The first-order valence-electron chi connectivity index (χ1n) is 10.9. The molecular formula is C24H25ClFN5O3S. The highest BCUT2D eigenvalue weighted by atomic mass is 35.5. The third-order valence-electron chi connectivity index (χ3n) is 5.63. The van der Waals surface area contributed by atoms with E-state index < -0.39 is 17.3 Å². The summed E-state index contributed by atoms with van der Waals surface area (Å²) in [6.45, 7) is 3.33. The highest BCUT2D eigenvalue weighted by molar-refractivity contribution is 7.98. The third-order valence-corrected chi connectivity index (χ3v) is 6.35. The van der Waals surface area contributed by atoms with Gasteiger partial charge in [0.25, 0.3) is 11.5 Å². The highest BCUT2D eigenvalue weighted by Crippen LogP contribution is 2.40. The standard InChI is InChI=1S/C24H25ClFN5O3S/c1-12-7-10-16(15(26)11-12)29-22-19(23(32)28-14-8-9-14)21(13(2)24(33)31(22)3)34-18-6-4-5-17(20(18)25)30-35-27/h4-7,10-11,14,29-30H,8-9,27H2,1-3H3,(H,28,32). The second kappa shape index (κ2) is 10.2. The molecule has 0 aliphatic heterocycles. The van der Waals surface area contributed by atoms with Crippen LogP contribution in [0.1, 0.15) is 34.3 Å². The molecule has 5 N–H and O–H groups in total. The number of hydrogen-bond acceptors (Lipinski definition) is 7. The molecule has 3 aromatic rings. The molecular weight excluding hydrogens is 493 g/mol. The Morgan fingerprint density at radius 3 is 2.63 bits per heavy atom. The Hall–Kier alpha value is -3.21. The van der Waals surface area contributed by atoms with E-state index >= 15 is 0 Å². The van der Waals surface area contributed by atoms with Crippen LogP contribution < -0.4 is 30.8 Å². The second-order valence-electron chi connectivity index (χ2n) is 8.34. The first kappa shape index (κ1) is 24.9. The minimum atomic E-state index is -0.518. The molecule has 0 saturated heterocycles. The first-order valence-corrected chi connectivity index (χ1v) is 12.1. The van der Waals surface area contributed by atoms with E-state index in [0.717, 1.165) is 30.5 Å². The van der Waals surface area contributed by atoms with Crippen molar-refractivity contribution in [2.24, 2.45) is 12.2 Å². The maximum atomic E-state index is 14.7. The lowest BCUT2D eigenvalue weighted by Crippen LogP contribution is -2.31. The van der Waals surface area contributed by atoms with E-state index in [2.05, 4.69) is 15.4 Å². The van der Waals surface area contributed by atoms with E-state index in [1.165, 1.54) is 17.7 Å². The molecule has 0 atom stereocenters. The number of nitrogens with one attached hydrogen (secondary N) is 3. The first-order chi connectivity index (χ1) is 16.7. The number of carbonyl (C=O) groups excluding carboxylic acids is 1. The summed E-state index contributed by atoms with van der Waals surface area (Å²) in [5.41, 5.74) is 1.21. The lowest BCUT2D eigenvalue weighted by atomic mass is 10.1. The summed E-state index contributed by atoms with van der Waals surface area (Å²) in [5, 5.41) is 11.6. The van der Waals surface area contributed by atoms with Crippen molar-refractivity contribution in [3.8, 4) is 11.5 Å². The van der Waals surface area contributed by atoms with Gasteiger partial charge in [0.1, 0.15) is 28.0 Å². The molecule has 0 bridgehead atoms. The number of ether oxygens (including phenoxy) is 1. The van der Waals surface area contributed by atoms with Crippen molar-refractivity contribution in [1.29, 1.82) is 0 Å². The van der Waals surface area contributed by atoms with Gasteiger partial charge < -0.3 is 20.1 Å². The van der Waals surface area contributed by atoms with Crippen LogP contribution in [0.25, 0.3) is 0 Å². The quantitative estimate of drug-likeness (QED) is 0.305. The molecule has 2 aromatic carbocycles. The Balaban J connectivity index is 1.89. The largest absolute Gasteiger partial charge is 0.454 e. The second-order valence-corrected chi connectivity index (χ2v) is 9.16. The molecule has 184 valence electrons. The van der Waals surface area contributed by atoms with Gasteiger partial charge in [0.15, 0.2) is 5.75 Å². The molecule has 0 unspecified atom stereocenters. The fourth-order valence-electron chi connectivity index (χ4n) is 3.57. The average molecular weight is 518 g/mol. The Morgan fingerprint density at radius 1 is 1.23 bits per heavy atom. The maximum absolute atomic E-state index is 14.7. The number of nitrogens with two attached hydrogens (primary N) is 1. The van der Waals surface area contributed by atoms with Crippen LogP contribution in [0, 0.1) is 19.7 Å². The van der Waals surface area contributed by atoms with Gasteiger partial charge in [-0.05, 0) is 56.5 Å². The SMILES string of the molecule is Cc1ccc(Nc2c(C(=O)NC3CC3)c(Oc3cccc(NSN)c3Cl)c(C)c(=O)n2C)c(F)c1. The predicted molar refractivity (Wildman–Crippen MR) is 138 cm³/mol. The third kappa shape index (κ3) is 5.24. The van der Waals surface area contributed by atoms with E-state index in [1.807, 2.05) is 0 Å². The van der Waals surface area contributed by atoms with Crippen LogP contribution in [0.15, 0.2) is 41.2 Å². The van der Waals surface area contributed by atoms with E-state index in [1.54, 1.807) is 44.2 Å². The Morgan fingerprint density at radius 2 is 1.97 bits per heavy atom. The van der Waals surface area contributed by atoms with Crippen LogP contribution in [0.5, 0.6) is 11.5 Å². The van der Waals surface area contributed by atoms with Crippen LogP contribution in [0.2, 0.25) is 5.02 Å². The van der Waals surface area contributed by atoms with Gasteiger partial charge in [0.2, 0.25) is 0 Å². The van der Waals surface area contributed by atoms with Crippen LogP contribution in [0.3, 0.4) is 0 Å². The normalized spacial score (nSPS) is 12.9. The van der Waals surface area contributed by atoms with E-state index in [9.17, 15) is 14.0 Å². The maximum Gasteiger partial charge on any atom is 0.259 e. The zero-order valence-electron chi connectivity index (χ0n) is 19.4. The highest BCUT2D eigenvalue weighted by Gasteiger charge is 2.31. The monoisotopic (exact) mass is 517 g/mol. The molecule has 1 saturated carbocycles. The summed E-state index contributed by atoms with van der Waals surface area (Å²) in [6.07, 6.45) is 1.72. The van der Waals surface area contributed by atoms with E-state index in [4.69, 9.17) is 21.5 Å². The molecule has 1 fully saturated rings. The summed E-state index contributed by atoms with van der Waals surface area (Å²) in [5.74, 6) is -0.621. The summed E-state index contributed by atoms with van der Waals surface area (Å²) in [6, 6.07) is 9.70. The van der Waals surface area contributed by atoms with E-state index in [0.29, 0.717) is 5.69 Å². The number of halogens is 2. The van der Waals surface area contributed by atoms with Crippen molar-refractivity contribution in [2.45, 2.75) is 32.7 Å². The molecule has 1 amide bonds. The Kier molecular flexibility index (Phi) is 7.25. The van der Waals surface area contributed by atoms with Gasteiger partial charge in [-0.25, -0.2) is 4.39 Å². The topological polar surface area (TPSA) is 110 Å². The zero-order valence-corrected chi connectivity index (χ0v) is 20.9. The molecule has 1 aliphatic carbocycles. The molecule has 8 nitrogen and oxygen atoms in total. The molecule has 1 heterocycles. The number of aryl methyl sites for hydroxylation is 1. The number of benzene rings is 2.